The Balaban J connectivity index is 1.82. The first-order valence-electron chi connectivity index (χ1n) is 7.35. The topological polar surface area (TPSA) is 24.5 Å². The van der Waals surface area contributed by atoms with Crippen LogP contribution in [0.4, 0.5) is 0 Å². The molecule has 0 saturated carbocycles. The Labute approximate surface area is 116 Å². The average molecular weight is 262 g/mol. The number of rotatable bonds is 7. The van der Waals surface area contributed by atoms with Gasteiger partial charge in [-0.25, -0.2) is 0 Å². The molecule has 1 aliphatic heterocycles. The summed E-state index contributed by atoms with van der Waals surface area (Å²) in [4.78, 5) is 2.58. The van der Waals surface area contributed by atoms with E-state index in [0.717, 1.165) is 19.1 Å². The fraction of sp³-hybridized carbons (Fsp3) is 0.625. The molecule has 0 radical (unpaired) electrons. The minimum absolute atomic E-state index is 0.697. The molecule has 3 heteroatoms. The van der Waals surface area contributed by atoms with E-state index in [2.05, 4.69) is 41.4 Å². The van der Waals surface area contributed by atoms with E-state index in [1.54, 1.807) is 7.11 Å². The third-order valence-electron chi connectivity index (χ3n) is 4.02. The Bertz CT molecular complexity index is 381. The summed E-state index contributed by atoms with van der Waals surface area (Å²) < 4.78 is 5.25. The molecule has 1 fully saturated rings. The van der Waals surface area contributed by atoms with Crippen molar-refractivity contribution in [2.24, 2.45) is 0 Å². The summed E-state index contributed by atoms with van der Waals surface area (Å²) in [5, 5.41) is 3.61. The number of likely N-dealkylation sites (N-methyl/N-ethyl adjacent to an activating group) is 1. The Morgan fingerprint density at radius 3 is 2.84 bits per heavy atom. The fourth-order valence-corrected chi connectivity index (χ4v) is 2.94. The molecular formula is C16H26N2O. The Morgan fingerprint density at radius 1 is 1.32 bits per heavy atom. The van der Waals surface area contributed by atoms with Crippen molar-refractivity contribution in [3.63, 3.8) is 0 Å². The van der Waals surface area contributed by atoms with Crippen molar-refractivity contribution in [2.45, 2.75) is 39.0 Å². The Hall–Kier alpha value is -0.900. The van der Waals surface area contributed by atoms with Gasteiger partial charge in [-0.3, -0.25) is 4.90 Å². The normalized spacial score (nSPS) is 20.0. The van der Waals surface area contributed by atoms with Crippen LogP contribution in [0, 0.1) is 0 Å². The van der Waals surface area contributed by atoms with Gasteiger partial charge in [0.2, 0.25) is 0 Å². The van der Waals surface area contributed by atoms with Crippen molar-refractivity contribution >= 4 is 0 Å². The molecule has 0 aliphatic carbocycles. The first-order chi connectivity index (χ1) is 9.35. The van der Waals surface area contributed by atoms with Gasteiger partial charge in [-0.1, -0.05) is 31.2 Å². The van der Waals surface area contributed by atoms with Gasteiger partial charge in [0, 0.05) is 26.2 Å². The van der Waals surface area contributed by atoms with Crippen molar-refractivity contribution in [3.05, 3.63) is 35.4 Å². The van der Waals surface area contributed by atoms with E-state index in [-0.39, 0.29) is 0 Å². The zero-order valence-electron chi connectivity index (χ0n) is 12.2. The zero-order valence-corrected chi connectivity index (χ0v) is 12.2. The maximum absolute atomic E-state index is 5.25. The number of ether oxygens (including phenoxy) is 1. The molecule has 1 heterocycles. The van der Waals surface area contributed by atoms with Crippen LogP contribution in [-0.2, 0) is 17.9 Å². The van der Waals surface area contributed by atoms with Crippen LogP contribution in [0.5, 0.6) is 0 Å². The van der Waals surface area contributed by atoms with E-state index in [9.17, 15) is 0 Å². The second-order valence-electron chi connectivity index (χ2n) is 5.26. The minimum Gasteiger partial charge on any atom is -0.380 e. The summed E-state index contributed by atoms with van der Waals surface area (Å²) in [6.45, 7) is 7.42. The molecule has 0 bridgehead atoms. The molecule has 1 N–H and O–H groups in total. The lowest BCUT2D eigenvalue weighted by atomic mass is 10.1. The predicted molar refractivity (Wildman–Crippen MR) is 79.1 cm³/mol. The number of nitrogens with zero attached hydrogens (tertiary/aromatic N) is 1. The average Bonchev–Trinajstić information content (AvgIpc) is 2.88. The van der Waals surface area contributed by atoms with Crippen LogP contribution in [0.3, 0.4) is 0 Å². The molecule has 106 valence electrons. The fourth-order valence-electron chi connectivity index (χ4n) is 2.94. The van der Waals surface area contributed by atoms with Crippen LogP contribution in [0.2, 0.25) is 0 Å². The van der Waals surface area contributed by atoms with Crippen molar-refractivity contribution in [2.75, 3.05) is 26.7 Å². The molecule has 1 atom stereocenters. The van der Waals surface area contributed by atoms with E-state index < -0.39 is 0 Å². The van der Waals surface area contributed by atoms with E-state index in [1.807, 2.05) is 0 Å². The van der Waals surface area contributed by atoms with Gasteiger partial charge in [-0.2, -0.15) is 0 Å². The monoisotopic (exact) mass is 262 g/mol. The van der Waals surface area contributed by atoms with Gasteiger partial charge in [0.05, 0.1) is 6.61 Å². The highest BCUT2D eigenvalue weighted by Crippen LogP contribution is 2.16. The molecule has 1 unspecified atom stereocenters. The van der Waals surface area contributed by atoms with Gasteiger partial charge < -0.3 is 10.1 Å². The molecule has 1 aliphatic rings. The van der Waals surface area contributed by atoms with E-state index in [0.29, 0.717) is 6.61 Å². The van der Waals surface area contributed by atoms with E-state index >= 15 is 0 Å². The molecule has 1 aromatic rings. The summed E-state index contributed by atoms with van der Waals surface area (Å²) in [5.41, 5.74) is 2.64. The van der Waals surface area contributed by atoms with Gasteiger partial charge >= 0.3 is 0 Å². The van der Waals surface area contributed by atoms with Crippen LogP contribution in [0.15, 0.2) is 24.3 Å². The number of methoxy groups -OCH3 is 1. The highest BCUT2D eigenvalue weighted by Gasteiger charge is 2.22. The summed E-state index contributed by atoms with van der Waals surface area (Å²) in [6.07, 6.45) is 2.68. The van der Waals surface area contributed by atoms with Crippen molar-refractivity contribution in [3.8, 4) is 0 Å². The number of hydrogen-bond acceptors (Lipinski definition) is 3. The molecule has 19 heavy (non-hydrogen) atoms. The van der Waals surface area contributed by atoms with Gasteiger partial charge in [0.15, 0.2) is 0 Å². The van der Waals surface area contributed by atoms with E-state index in [1.165, 1.54) is 37.1 Å². The number of hydrogen-bond donors (Lipinski definition) is 1. The number of likely N-dealkylation sites (tertiary alicyclic amines) is 1. The predicted octanol–water partition coefficient (Wildman–Crippen LogP) is 2.41. The lowest BCUT2D eigenvalue weighted by Crippen LogP contribution is -2.37. The lowest BCUT2D eigenvalue weighted by Gasteiger charge is -2.23. The summed E-state index contributed by atoms with van der Waals surface area (Å²) in [7, 11) is 1.75. The lowest BCUT2D eigenvalue weighted by molar-refractivity contribution is 0.184. The number of benzene rings is 1. The largest absolute Gasteiger partial charge is 0.380 e. The van der Waals surface area contributed by atoms with Crippen LogP contribution in [-0.4, -0.2) is 37.7 Å². The van der Waals surface area contributed by atoms with Crippen LogP contribution in [0.1, 0.15) is 30.9 Å². The SMILES string of the molecule is CCN1CCCC1CNCc1ccccc1COC. The molecule has 0 aromatic heterocycles. The van der Waals surface area contributed by atoms with Gasteiger partial charge in [0.25, 0.3) is 0 Å². The minimum atomic E-state index is 0.697. The maximum Gasteiger partial charge on any atom is 0.0716 e. The van der Waals surface area contributed by atoms with Crippen LogP contribution >= 0.6 is 0 Å². The zero-order chi connectivity index (χ0) is 13.5. The van der Waals surface area contributed by atoms with E-state index in [4.69, 9.17) is 4.74 Å². The smallest absolute Gasteiger partial charge is 0.0716 e. The molecule has 1 saturated heterocycles. The maximum atomic E-state index is 5.25. The highest BCUT2D eigenvalue weighted by atomic mass is 16.5. The molecular weight excluding hydrogens is 236 g/mol. The molecule has 0 amide bonds. The molecule has 2 rings (SSSR count). The first-order valence-corrected chi connectivity index (χ1v) is 7.35. The van der Waals surface area contributed by atoms with Crippen molar-refractivity contribution in [1.82, 2.24) is 10.2 Å². The second kappa shape index (κ2) is 7.63. The van der Waals surface area contributed by atoms with Crippen LogP contribution < -0.4 is 5.32 Å². The second-order valence-corrected chi connectivity index (χ2v) is 5.26. The van der Waals surface area contributed by atoms with Crippen molar-refractivity contribution in [1.29, 1.82) is 0 Å². The van der Waals surface area contributed by atoms with Gasteiger partial charge in [-0.15, -0.1) is 0 Å². The molecule has 1 aromatic carbocycles. The number of nitrogens with one attached hydrogen (secondary N) is 1. The summed E-state index contributed by atoms with van der Waals surface area (Å²) >= 11 is 0. The quantitative estimate of drug-likeness (QED) is 0.816. The third kappa shape index (κ3) is 4.03. The summed E-state index contributed by atoms with van der Waals surface area (Å²) in [6, 6.07) is 9.24. The summed E-state index contributed by atoms with van der Waals surface area (Å²) in [5.74, 6) is 0. The highest BCUT2D eigenvalue weighted by molar-refractivity contribution is 5.26. The first kappa shape index (κ1) is 14.5. The molecule has 3 nitrogen and oxygen atoms in total. The van der Waals surface area contributed by atoms with Crippen LogP contribution in [0.25, 0.3) is 0 Å². The third-order valence-corrected chi connectivity index (χ3v) is 4.02. The molecule has 0 spiro atoms. The van der Waals surface area contributed by atoms with Crippen molar-refractivity contribution < 1.29 is 4.74 Å². The Morgan fingerprint density at radius 2 is 2.11 bits per heavy atom. The standard InChI is InChI=1S/C16H26N2O/c1-3-18-10-6-9-16(18)12-17-11-14-7-4-5-8-15(14)13-19-2/h4-5,7-8,16-17H,3,6,9-13H2,1-2H3. The Kier molecular flexibility index (Phi) is 5.83. The van der Waals surface area contributed by atoms with Gasteiger partial charge in [0.1, 0.15) is 0 Å². The van der Waals surface area contributed by atoms with Gasteiger partial charge in [-0.05, 0) is 37.1 Å².